The number of nitrogens with zero attached hydrogens (tertiary/aromatic N) is 2. The van der Waals surface area contributed by atoms with Crippen molar-refractivity contribution in [3.63, 3.8) is 0 Å². The summed E-state index contributed by atoms with van der Waals surface area (Å²) in [5.41, 5.74) is 0.763. The minimum atomic E-state index is -0.630. The Morgan fingerprint density at radius 2 is 2.00 bits per heavy atom. The van der Waals surface area contributed by atoms with Crippen molar-refractivity contribution >= 4 is 40.0 Å². The van der Waals surface area contributed by atoms with Crippen LogP contribution in [0.25, 0.3) is 0 Å². The Hall–Kier alpha value is -2.10. The number of pyridine rings is 1. The summed E-state index contributed by atoms with van der Waals surface area (Å²) in [6.07, 6.45) is 7.14. The Morgan fingerprint density at radius 1 is 1.27 bits per heavy atom. The Kier molecular flexibility index (Phi) is 5.80. The molecule has 3 rings (SSSR count). The second kappa shape index (κ2) is 8.07. The SMILES string of the molecule is O=C(Nc1ncc(C2CCCCC2)cc1F)c1cc([N+](=O)[O-])ccc1I. The topological polar surface area (TPSA) is 85.1 Å². The van der Waals surface area contributed by atoms with E-state index in [0.29, 0.717) is 9.49 Å². The number of hydrogen-bond acceptors (Lipinski definition) is 4. The number of hydrogen-bond donors (Lipinski definition) is 1. The van der Waals surface area contributed by atoms with Gasteiger partial charge in [-0.05, 0) is 59.0 Å². The van der Waals surface area contributed by atoms with Gasteiger partial charge in [-0.2, -0.15) is 0 Å². The number of carbonyl (C=O) groups excluding carboxylic acids is 1. The standard InChI is InChI=1S/C18H17FIN3O3/c19-15-8-12(11-4-2-1-3-5-11)10-21-17(15)22-18(24)14-9-13(23(25)26)6-7-16(14)20/h6-11H,1-5H2,(H,21,22,24). The first-order valence-electron chi connectivity index (χ1n) is 8.36. The molecule has 0 unspecified atom stereocenters. The number of anilines is 1. The van der Waals surface area contributed by atoms with Crippen LogP contribution in [0.5, 0.6) is 0 Å². The quantitative estimate of drug-likeness (QED) is 0.387. The lowest BCUT2D eigenvalue weighted by Crippen LogP contribution is -2.16. The lowest BCUT2D eigenvalue weighted by Gasteiger charge is -2.21. The number of benzene rings is 1. The molecule has 8 heteroatoms. The van der Waals surface area contributed by atoms with E-state index in [4.69, 9.17) is 0 Å². The van der Waals surface area contributed by atoms with Gasteiger partial charge in [0.2, 0.25) is 0 Å². The van der Waals surface area contributed by atoms with Crippen molar-refractivity contribution in [2.24, 2.45) is 0 Å². The molecule has 1 fully saturated rings. The van der Waals surface area contributed by atoms with Crippen LogP contribution < -0.4 is 5.32 Å². The number of nitro benzene ring substituents is 1. The van der Waals surface area contributed by atoms with E-state index in [1.807, 2.05) is 22.6 Å². The third-order valence-corrected chi connectivity index (χ3v) is 5.52. The molecule has 1 N–H and O–H groups in total. The monoisotopic (exact) mass is 469 g/mol. The van der Waals surface area contributed by atoms with E-state index in [1.165, 1.54) is 30.7 Å². The van der Waals surface area contributed by atoms with Crippen molar-refractivity contribution < 1.29 is 14.1 Å². The molecule has 0 spiro atoms. The molecular weight excluding hydrogens is 452 g/mol. The van der Waals surface area contributed by atoms with E-state index >= 15 is 0 Å². The van der Waals surface area contributed by atoms with Gasteiger partial charge >= 0.3 is 0 Å². The fraction of sp³-hybridized carbons (Fsp3) is 0.333. The van der Waals surface area contributed by atoms with Crippen molar-refractivity contribution in [2.45, 2.75) is 38.0 Å². The highest BCUT2D eigenvalue weighted by Gasteiger charge is 2.20. The molecule has 1 aromatic carbocycles. The molecule has 1 aromatic heterocycles. The fourth-order valence-electron chi connectivity index (χ4n) is 3.18. The molecule has 1 heterocycles. The normalized spacial score (nSPS) is 14.8. The maximum absolute atomic E-state index is 14.4. The van der Waals surface area contributed by atoms with Gasteiger partial charge in [-0.1, -0.05) is 19.3 Å². The largest absolute Gasteiger partial charge is 0.304 e. The van der Waals surface area contributed by atoms with E-state index in [0.717, 1.165) is 31.2 Å². The number of amides is 1. The molecule has 1 saturated carbocycles. The van der Waals surface area contributed by atoms with Crippen molar-refractivity contribution in [2.75, 3.05) is 5.32 Å². The molecule has 26 heavy (non-hydrogen) atoms. The van der Waals surface area contributed by atoms with E-state index in [1.54, 1.807) is 6.20 Å². The first kappa shape index (κ1) is 18.7. The number of nitro groups is 1. The maximum Gasteiger partial charge on any atom is 0.270 e. The van der Waals surface area contributed by atoms with Gasteiger partial charge in [0.25, 0.3) is 11.6 Å². The Morgan fingerprint density at radius 3 is 2.65 bits per heavy atom. The second-order valence-corrected chi connectivity index (χ2v) is 7.47. The van der Waals surface area contributed by atoms with Gasteiger partial charge < -0.3 is 5.32 Å². The van der Waals surface area contributed by atoms with Gasteiger partial charge in [-0.25, -0.2) is 9.37 Å². The van der Waals surface area contributed by atoms with Crippen molar-refractivity contribution in [1.82, 2.24) is 4.98 Å². The van der Waals surface area contributed by atoms with Crippen molar-refractivity contribution in [3.05, 3.63) is 61.1 Å². The van der Waals surface area contributed by atoms with Gasteiger partial charge in [0.15, 0.2) is 11.6 Å². The van der Waals surface area contributed by atoms with Crippen LogP contribution in [0.1, 0.15) is 53.9 Å². The Bertz CT molecular complexity index is 854. The average Bonchev–Trinajstić information content (AvgIpc) is 2.64. The molecule has 0 atom stereocenters. The summed E-state index contributed by atoms with van der Waals surface area (Å²) in [5, 5.41) is 13.3. The zero-order valence-electron chi connectivity index (χ0n) is 13.9. The average molecular weight is 469 g/mol. The summed E-state index contributed by atoms with van der Waals surface area (Å²) in [7, 11) is 0. The number of non-ortho nitro benzene ring substituents is 1. The van der Waals surface area contributed by atoms with Crippen molar-refractivity contribution in [1.29, 1.82) is 0 Å². The molecule has 0 radical (unpaired) electrons. The highest BCUT2D eigenvalue weighted by molar-refractivity contribution is 14.1. The van der Waals surface area contributed by atoms with Crippen LogP contribution >= 0.6 is 22.6 Å². The van der Waals surface area contributed by atoms with Gasteiger partial charge in [-0.3, -0.25) is 14.9 Å². The summed E-state index contributed by atoms with van der Waals surface area (Å²) in [6, 6.07) is 5.39. The second-order valence-electron chi connectivity index (χ2n) is 6.31. The van der Waals surface area contributed by atoms with Crippen LogP contribution in [-0.4, -0.2) is 15.8 Å². The third-order valence-electron chi connectivity index (χ3n) is 4.58. The predicted octanol–water partition coefficient (Wildman–Crippen LogP) is 5.03. The highest BCUT2D eigenvalue weighted by atomic mass is 127. The number of nitrogens with one attached hydrogen (secondary N) is 1. The lowest BCUT2D eigenvalue weighted by molar-refractivity contribution is -0.384. The number of carbonyl (C=O) groups is 1. The summed E-state index contributed by atoms with van der Waals surface area (Å²) >= 11 is 1.90. The van der Waals surface area contributed by atoms with Gasteiger partial charge in [0, 0.05) is 21.9 Å². The lowest BCUT2D eigenvalue weighted by atomic mass is 9.85. The van der Waals surface area contributed by atoms with Crippen LogP contribution in [0.4, 0.5) is 15.9 Å². The van der Waals surface area contributed by atoms with Gasteiger partial charge in [0.1, 0.15) is 0 Å². The molecule has 1 aliphatic rings. The molecule has 0 bridgehead atoms. The Balaban J connectivity index is 1.79. The molecular formula is C18H17FIN3O3. The minimum absolute atomic E-state index is 0.109. The van der Waals surface area contributed by atoms with Crippen LogP contribution in [-0.2, 0) is 0 Å². The first-order chi connectivity index (χ1) is 12.5. The summed E-state index contributed by atoms with van der Waals surface area (Å²) in [5.74, 6) is -1.08. The minimum Gasteiger partial charge on any atom is -0.304 e. The molecule has 1 amide bonds. The Labute approximate surface area is 163 Å². The van der Waals surface area contributed by atoms with E-state index < -0.39 is 16.6 Å². The molecule has 6 nitrogen and oxygen atoms in total. The third kappa shape index (κ3) is 4.17. The first-order valence-corrected chi connectivity index (χ1v) is 9.44. The van der Waals surface area contributed by atoms with E-state index in [-0.39, 0.29) is 17.1 Å². The van der Waals surface area contributed by atoms with E-state index in [2.05, 4.69) is 10.3 Å². The number of halogens is 2. The summed E-state index contributed by atoms with van der Waals surface area (Å²) in [6.45, 7) is 0. The van der Waals surface area contributed by atoms with Crippen LogP contribution in [0.15, 0.2) is 30.5 Å². The van der Waals surface area contributed by atoms with Crippen LogP contribution in [0.3, 0.4) is 0 Å². The van der Waals surface area contributed by atoms with Crippen LogP contribution in [0.2, 0.25) is 0 Å². The fourth-order valence-corrected chi connectivity index (χ4v) is 3.76. The summed E-state index contributed by atoms with van der Waals surface area (Å²) in [4.78, 5) is 26.8. The number of rotatable bonds is 4. The maximum atomic E-state index is 14.4. The zero-order valence-corrected chi connectivity index (χ0v) is 16.0. The van der Waals surface area contributed by atoms with Gasteiger partial charge in [-0.15, -0.1) is 0 Å². The molecule has 1 aliphatic carbocycles. The predicted molar refractivity (Wildman–Crippen MR) is 104 cm³/mol. The molecule has 2 aromatic rings. The highest BCUT2D eigenvalue weighted by Crippen LogP contribution is 2.33. The molecule has 0 aliphatic heterocycles. The molecule has 0 saturated heterocycles. The van der Waals surface area contributed by atoms with Crippen molar-refractivity contribution in [3.8, 4) is 0 Å². The smallest absolute Gasteiger partial charge is 0.270 e. The van der Waals surface area contributed by atoms with Gasteiger partial charge in [0.05, 0.1) is 10.5 Å². The number of aromatic nitrogens is 1. The van der Waals surface area contributed by atoms with E-state index in [9.17, 15) is 19.3 Å². The van der Waals surface area contributed by atoms with Crippen LogP contribution in [0, 0.1) is 19.5 Å². The zero-order chi connectivity index (χ0) is 18.7. The summed E-state index contributed by atoms with van der Waals surface area (Å²) < 4.78 is 14.9. The molecule has 136 valence electrons.